The molecule has 0 spiro atoms. The second-order valence-corrected chi connectivity index (χ2v) is 5.76. The summed E-state index contributed by atoms with van der Waals surface area (Å²) in [4.78, 5) is 23.7. The zero-order valence-corrected chi connectivity index (χ0v) is 11.7. The van der Waals surface area contributed by atoms with E-state index in [1.54, 1.807) is 0 Å². The molecule has 1 saturated carbocycles. The standard InChI is InChI=1S/C16H20O3/c1-16(2,15(18)19-3)13-8-6-12(7-9-13)14(17)10-11-4-5-11/h6-9,11H,4-5,10H2,1-3H3. The topological polar surface area (TPSA) is 43.4 Å². The second kappa shape index (κ2) is 5.16. The zero-order chi connectivity index (χ0) is 14.0. The van der Waals surface area contributed by atoms with E-state index >= 15 is 0 Å². The van der Waals surface area contributed by atoms with Crippen LogP contribution in [0.1, 0.15) is 49.0 Å². The van der Waals surface area contributed by atoms with Crippen molar-refractivity contribution in [1.29, 1.82) is 0 Å². The van der Waals surface area contributed by atoms with Crippen LogP contribution < -0.4 is 0 Å². The van der Waals surface area contributed by atoms with Gasteiger partial charge in [-0.2, -0.15) is 0 Å². The summed E-state index contributed by atoms with van der Waals surface area (Å²) in [5.41, 5.74) is 0.908. The molecule has 0 N–H and O–H groups in total. The third-order valence-electron chi connectivity index (χ3n) is 3.80. The molecule has 0 radical (unpaired) electrons. The van der Waals surface area contributed by atoms with Crippen LogP contribution in [0.15, 0.2) is 24.3 Å². The van der Waals surface area contributed by atoms with Crippen molar-refractivity contribution in [2.24, 2.45) is 5.92 Å². The molecular formula is C16H20O3. The molecule has 1 aromatic rings. The summed E-state index contributed by atoms with van der Waals surface area (Å²) in [5.74, 6) is 0.521. The van der Waals surface area contributed by atoms with Gasteiger partial charge in [-0.15, -0.1) is 0 Å². The molecule has 0 heterocycles. The molecular weight excluding hydrogens is 240 g/mol. The number of carbonyl (C=O) groups is 2. The predicted octanol–water partition coefficient (Wildman–Crippen LogP) is 3.12. The van der Waals surface area contributed by atoms with Gasteiger partial charge in [0.25, 0.3) is 0 Å². The number of carbonyl (C=O) groups excluding carboxylic acids is 2. The number of hydrogen-bond acceptors (Lipinski definition) is 3. The van der Waals surface area contributed by atoms with Gasteiger partial charge in [-0.05, 0) is 38.2 Å². The zero-order valence-electron chi connectivity index (χ0n) is 11.7. The number of hydrogen-bond donors (Lipinski definition) is 0. The van der Waals surface area contributed by atoms with Crippen LogP contribution in [0.2, 0.25) is 0 Å². The van der Waals surface area contributed by atoms with E-state index in [9.17, 15) is 9.59 Å². The van der Waals surface area contributed by atoms with Crippen molar-refractivity contribution >= 4 is 11.8 Å². The average Bonchev–Trinajstić information content (AvgIpc) is 3.21. The van der Waals surface area contributed by atoms with Crippen LogP contribution in [0.4, 0.5) is 0 Å². The van der Waals surface area contributed by atoms with Gasteiger partial charge in [0, 0.05) is 12.0 Å². The Morgan fingerprint density at radius 3 is 2.26 bits per heavy atom. The van der Waals surface area contributed by atoms with Crippen molar-refractivity contribution in [2.45, 2.75) is 38.5 Å². The van der Waals surface area contributed by atoms with Gasteiger partial charge >= 0.3 is 5.97 Å². The SMILES string of the molecule is COC(=O)C(C)(C)c1ccc(C(=O)CC2CC2)cc1. The number of ketones is 1. The lowest BCUT2D eigenvalue weighted by Gasteiger charge is -2.22. The largest absolute Gasteiger partial charge is 0.468 e. The lowest BCUT2D eigenvalue weighted by atomic mass is 9.84. The van der Waals surface area contributed by atoms with E-state index < -0.39 is 5.41 Å². The summed E-state index contributed by atoms with van der Waals surface area (Å²) < 4.78 is 4.80. The Labute approximate surface area is 114 Å². The molecule has 3 nitrogen and oxygen atoms in total. The van der Waals surface area contributed by atoms with Crippen LogP contribution in [0.25, 0.3) is 0 Å². The van der Waals surface area contributed by atoms with Gasteiger partial charge < -0.3 is 4.74 Å². The quantitative estimate of drug-likeness (QED) is 0.603. The second-order valence-electron chi connectivity index (χ2n) is 5.76. The van der Waals surface area contributed by atoms with Crippen LogP contribution in [-0.2, 0) is 14.9 Å². The summed E-state index contributed by atoms with van der Waals surface area (Å²) >= 11 is 0. The predicted molar refractivity (Wildman–Crippen MR) is 73.2 cm³/mol. The van der Waals surface area contributed by atoms with E-state index in [4.69, 9.17) is 4.74 Å². The Kier molecular flexibility index (Phi) is 3.74. The minimum absolute atomic E-state index is 0.199. The van der Waals surface area contributed by atoms with E-state index in [-0.39, 0.29) is 11.8 Å². The molecule has 1 aromatic carbocycles. The van der Waals surface area contributed by atoms with Crippen LogP contribution in [0.5, 0.6) is 0 Å². The molecule has 1 aliphatic rings. The lowest BCUT2D eigenvalue weighted by Crippen LogP contribution is -2.30. The third kappa shape index (κ3) is 3.03. The lowest BCUT2D eigenvalue weighted by molar-refractivity contribution is -0.146. The van der Waals surface area contributed by atoms with E-state index in [0.717, 1.165) is 11.1 Å². The van der Waals surface area contributed by atoms with Crippen LogP contribution in [0.3, 0.4) is 0 Å². The minimum Gasteiger partial charge on any atom is -0.468 e. The summed E-state index contributed by atoms with van der Waals surface area (Å²) in [6.07, 6.45) is 3.01. The summed E-state index contributed by atoms with van der Waals surface area (Å²) in [6, 6.07) is 7.31. The molecule has 0 saturated heterocycles. The molecule has 2 rings (SSSR count). The van der Waals surface area contributed by atoms with Crippen molar-refractivity contribution in [1.82, 2.24) is 0 Å². The molecule has 1 aliphatic carbocycles. The molecule has 1 fully saturated rings. The Hall–Kier alpha value is -1.64. The van der Waals surface area contributed by atoms with E-state index in [2.05, 4.69) is 0 Å². The fourth-order valence-electron chi connectivity index (χ4n) is 2.15. The highest BCUT2D eigenvalue weighted by atomic mass is 16.5. The number of benzene rings is 1. The van der Waals surface area contributed by atoms with Crippen molar-refractivity contribution in [3.8, 4) is 0 Å². The molecule has 0 aromatic heterocycles. The third-order valence-corrected chi connectivity index (χ3v) is 3.80. The van der Waals surface area contributed by atoms with E-state index in [0.29, 0.717) is 12.3 Å². The van der Waals surface area contributed by atoms with Crippen LogP contribution in [0, 0.1) is 5.92 Å². The Morgan fingerprint density at radius 1 is 1.21 bits per heavy atom. The maximum atomic E-state index is 12.0. The van der Waals surface area contributed by atoms with Crippen molar-refractivity contribution < 1.29 is 14.3 Å². The number of Topliss-reactive ketones (excluding diaryl/α,β-unsaturated/α-hetero) is 1. The Balaban J connectivity index is 2.13. The highest BCUT2D eigenvalue weighted by Gasteiger charge is 2.31. The van der Waals surface area contributed by atoms with E-state index in [1.165, 1.54) is 20.0 Å². The first-order chi connectivity index (χ1) is 8.95. The molecule has 0 atom stereocenters. The van der Waals surface area contributed by atoms with Crippen molar-refractivity contribution in [3.63, 3.8) is 0 Å². The van der Waals surface area contributed by atoms with Gasteiger partial charge in [0.1, 0.15) is 0 Å². The molecule has 102 valence electrons. The van der Waals surface area contributed by atoms with Crippen molar-refractivity contribution in [3.05, 3.63) is 35.4 Å². The van der Waals surface area contributed by atoms with Gasteiger partial charge in [0.05, 0.1) is 12.5 Å². The number of methoxy groups -OCH3 is 1. The Bertz CT molecular complexity index is 481. The highest BCUT2D eigenvalue weighted by molar-refractivity contribution is 5.96. The van der Waals surface area contributed by atoms with Gasteiger partial charge in [0.15, 0.2) is 5.78 Å². The maximum absolute atomic E-state index is 12.0. The molecule has 0 bridgehead atoms. The van der Waals surface area contributed by atoms with Gasteiger partial charge in [-0.25, -0.2) is 0 Å². The van der Waals surface area contributed by atoms with Crippen molar-refractivity contribution in [2.75, 3.05) is 7.11 Å². The first kappa shape index (κ1) is 13.8. The van der Waals surface area contributed by atoms with E-state index in [1.807, 2.05) is 38.1 Å². The molecule has 0 amide bonds. The minimum atomic E-state index is -0.688. The number of ether oxygens (including phenoxy) is 1. The summed E-state index contributed by atoms with van der Waals surface area (Å²) in [5, 5.41) is 0. The molecule has 0 unspecified atom stereocenters. The van der Waals surface area contributed by atoms with Crippen LogP contribution >= 0.6 is 0 Å². The average molecular weight is 260 g/mol. The number of rotatable bonds is 5. The molecule has 19 heavy (non-hydrogen) atoms. The summed E-state index contributed by atoms with van der Waals surface area (Å²) in [6.45, 7) is 3.64. The Morgan fingerprint density at radius 2 is 1.79 bits per heavy atom. The van der Waals surface area contributed by atoms with Crippen LogP contribution in [-0.4, -0.2) is 18.9 Å². The fraction of sp³-hybridized carbons (Fsp3) is 0.500. The normalized spacial score (nSPS) is 15.1. The first-order valence-corrected chi connectivity index (χ1v) is 6.67. The molecule has 0 aliphatic heterocycles. The van der Waals surface area contributed by atoms with Gasteiger partial charge in [-0.3, -0.25) is 9.59 Å². The number of esters is 1. The van der Waals surface area contributed by atoms with Gasteiger partial charge in [-0.1, -0.05) is 24.3 Å². The maximum Gasteiger partial charge on any atom is 0.315 e. The smallest absolute Gasteiger partial charge is 0.315 e. The fourth-order valence-corrected chi connectivity index (χ4v) is 2.15. The summed E-state index contributed by atoms with van der Waals surface area (Å²) in [7, 11) is 1.39. The first-order valence-electron chi connectivity index (χ1n) is 6.67. The highest BCUT2D eigenvalue weighted by Crippen LogP contribution is 2.33. The van der Waals surface area contributed by atoms with Gasteiger partial charge in [0.2, 0.25) is 0 Å². The molecule has 3 heteroatoms. The monoisotopic (exact) mass is 260 g/mol.